The number of Topliss-reactive ketones (excluding diaryl/α,β-unsaturated/α-hetero) is 1. The van der Waals surface area contributed by atoms with Gasteiger partial charge in [0.1, 0.15) is 12.4 Å². The third-order valence-electron chi connectivity index (χ3n) is 1.87. The SMILES string of the molecule is CC(=O)c1ccc(OCC=CC(=O)O)cc1. The van der Waals surface area contributed by atoms with E-state index in [0.29, 0.717) is 11.3 Å². The second kappa shape index (κ2) is 5.70. The van der Waals surface area contributed by atoms with E-state index in [4.69, 9.17) is 9.84 Å². The molecular formula is C12H12O4. The van der Waals surface area contributed by atoms with Crippen molar-refractivity contribution < 1.29 is 19.4 Å². The summed E-state index contributed by atoms with van der Waals surface area (Å²) < 4.78 is 5.23. The molecule has 4 nitrogen and oxygen atoms in total. The Balaban J connectivity index is 2.49. The average molecular weight is 220 g/mol. The van der Waals surface area contributed by atoms with Crippen LogP contribution in [0.25, 0.3) is 0 Å². The number of benzene rings is 1. The smallest absolute Gasteiger partial charge is 0.328 e. The highest BCUT2D eigenvalue weighted by Gasteiger charge is 1.98. The first-order valence-electron chi connectivity index (χ1n) is 4.73. The van der Waals surface area contributed by atoms with Gasteiger partial charge in [0, 0.05) is 11.6 Å². The maximum atomic E-state index is 11.0. The van der Waals surface area contributed by atoms with E-state index in [0.717, 1.165) is 6.08 Å². The Labute approximate surface area is 93.2 Å². The maximum Gasteiger partial charge on any atom is 0.328 e. The number of aliphatic carboxylic acids is 1. The molecule has 0 aromatic heterocycles. The summed E-state index contributed by atoms with van der Waals surface area (Å²) >= 11 is 0. The number of hydrogen-bond donors (Lipinski definition) is 1. The molecule has 0 bridgehead atoms. The Morgan fingerprint density at radius 2 is 1.94 bits per heavy atom. The van der Waals surface area contributed by atoms with Gasteiger partial charge in [-0.25, -0.2) is 4.79 Å². The summed E-state index contributed by atoms with van der Waals surface area (Å²) in [6.07, 6.45) is 2.42. The van der Waals surface area contributed by atoms with Crippen molar-refractivity contribution in [3.05, 3.63) is 42.0 Å². The van der Waals surface area contributed by atoms with Crippen LogP contribution in [0.4, 0.5) is 0 Å². The average Bonchev–Trinajstić information content (AvgIpc) is 2.25. The van der Waals surface area contributed by atoms with Crippen LogP contribution in [0.3, 0.4) is 0 Å². The fourth-order valence-corrected chi connectivity index (χ4v) is 1.08. The Kier molecular flexibility index (Phi) is 4.27. The van der Waals surface area contributed by atoms with Crippen molar-refractivity contribution in [2.24, 2.45) is 0 Å². The lowest BCUT2D eigenvalue weighted by atomic mass is 10.1. The Bertz CT molecular complexity index is 404. The molecule has 1 rings (SSSR count). The standard InChI is InChI=1S/C12H12O4/c1-9(13)10-4-6-11(7-5-10)16-8-2-3-12(14)15/h2-7H,8H2,1H3,(H,14,15). The third-order valence-corrected chi connectivity index (χ3v) is 1.87. The second-order valence-electron chi connectivity index (χ2n) is 3.13. The van der Waals surface area contributed by atoms with Crippen molar-refractivity contribution in [3.8, 4) is 5.75 Å². The minimum absolute atomic E-state index is 0.00248. The molecule has 4 heteroatoms. The lowest BCUT2D eigenvalue weighted by molar-refractivity contribution is -0.131. The molecule has 0 spiro atoms. The molecule has 0 aliphatic rings. The van der Waals surface area contributed by atoms with Gasteiger partial charge in [0.2, 0.25) is 0 Å². The van der Waals surface area contributed by atoms with Gasteiger partial charge in [-0.15, -0.1) is 0 Å². The number of carboxylic acids is 1. The molecule has 1 aromatic rings. The number of carboxylic acid groups (broad SMARTS) is 1. The summed E-state index contributed by atoms with van der Waals surface area (Å²) in [5.41, 5.74) is 0.619. The van der Waals surface area contributed by atoms with E-state index in [1.165, 1.54) is 13.0 Å². The predicted molar refractivity (Wildman–Crippen MR) is 58.7 cm³/mol. The summed E-state index contributed by atoms with van der Waals surface area (Å²) in [5, 5.41) is 8.33. The molecule has 1 N–H and O–H groups in total. The van der Waals surface area contributed by atoms with Crippen molar-refractivity contribution in [1.82, 2.24) is 0 Å². The van der Waals surface area contributed by atoms with E-state index in [2.05, 4.69) is 0 Å². The van der Waals surface area contributed by atoms with E-state index in [9.17, 15) is 9.59 Å². The topological polar surface area (TPSA) is 63.6 Å². The van der Waals surface area contributed by atoms with Crippen LogP contribution in [-0.2, 0) is 4.79 Å². The number of carbonyl (C=O) groups excluding carboxylic acids is 1. The summed E-state index contributed by atoms with van der Waals surface area (Å²) in [4.78, 5) is 21.1. The molecule has 0 saturated heterocycles. The van der Waals surface area contributed by atoms with Crippen molar-refractivity contribution >= 4 is 11.8 Å². The van der Waals surface area contributed by atoms with Gasteiger partial charge < -0.3 is 9.84 Å². The van der Waals surface area contributed by atoms with E-state index >= 15 is 0 Å². The molecule has 16 heavy (non-hydrogen) atoms. The van der Waals surface area contributed by atoms with Crippen LogP contribution in [-0.4, -0.2) is 23.5 Å². The van der Waals surface area contributed by atoms with E-state index in [1.807, 2.05) is 0 Å². The molecule has 84 valence electrons. The fourth-order valence-electron chi connectivity index (χ4n) is 1.08. The fraction of sp³-hybridized carbons (Fsp3) is 0.167. The van der Waals surface area contributed by atoms with Crippen LogP contribution < -0.4 is 4.74 Å². The molecule has 0 radical (unpaired) electrons. The normalized spacial score (nSPS) is 10.3. The molecule has 0 aliphatic carbocycles. The predicted octanol–water partition coefficient (Wildman–Crippen LogP) is 1.91. The van der Waals surface area contributed by atoms with Gasteiger partial charge in [0.05, 0.1) is 0 Å². The van der Waals surface area contributed by atoms with E-state index in [1.54, 1.807) is 24.3 Å². The van der Waals surface area contributed by atoms with Crippen molar-refractivity contribution in [2.75, 3.05) is 6.61 Å². The molecule has 0 saturated carbocycles. The van der Waals surface area contributed by atoms with Gasteiger partial charge in [-0.05, 0) is 37.3 Å². The van der Waals surface area contributed by atoms with Crippen LogP contribution in [0.5, 0.6) is 5.75 Å². The van der Waals surface area contributed by atoms with Crippen LogP contribution in [0, 0.1) is 0 Å². The van der Waals surface area contributed by atoms with Gasteiger partial charge in [-0.1, -0.05) is 0 Å². The molecule has 0 fully saturated rings. The summed E-state index contributed by atoms with van der Waals surface area (Å²) in [5.74, 6) is -0.409. The number of carbonyl (C=O) groups is 2. The zero-order chi connectivity index (χ0) is 12.0. The van der Waals surface area contributed by atoms with Gasteiger partial charge >= 0.3 is 5.97 Å². The van der Waals surface area contributed by atoms with Crippen molar-refractivity contribution in [1.29, 1.82) is 0 Å². The van der Waals surface area contributed by atoms with Crippen LogP contribution in [0.1, 0.15) is 17.3 Å². The van der Waals surface area contributed by atoms with Crippen LogP contribution >= 0.6 is 0 Å². The van der Waals surface area contributed by atoms with Gasteiger partial charge in [-0.2, -0.15) is 0 Å². The molecule has 0 unspecified atom stereocenters. The maximum absolute atomic E-state index is 11.0. The number of ketones is 1. The summed E-state index contributed by atoms with van der Waals surface area (Å²) in [6.45, 7) is 1.68. The summed E-state index contributed by atoms with van der Waals surface area (Å²) in [6, 6.07) is 6.67. The molecule has 0 amide bonds. The Morgan fingerprint density at radius 1 is 1.31 bits per heavy atom. The lowest BCUT2D eigenvalue weighted by Gasteiger charge is -2.03. The zero-order valence-electron chi connectivity index (χ0n) is 8.84. The molecule has 0 aliphatic heterocycles. The highest BCUT2D eigenvalue weighted by Crippen LogP contribution is 2.12. The first kappa shape index (κ1) is 12.0. The van der Waals surface area contributed by atoms with E-state index in [-0.39, 0.29) is 12.4 Å². The van der Waals surface area contributed by atoms with E-state index < -0.39 is 5.97 Å². The zero-order valence-corrected chi connectivity index (χ0v) is 8.84. The first-order chi connectivity index (χ1) is 7.59. The monoisotopic (exact) mass is 220 g/mol. The number of hydrogen-bond acceptors (Lipinski definition) is 3. The van der Waals surface area contributed by atoms with Crippen LogP contribution in [0.2, 0.25) is 0 Å². The lowest BCUT2D eigenvalue weighted by Crippen LogP contribution is -1.96. The summed E-state index contributed by atoms with van der Waals surface area (Å²) in [7, 11) is 0. The van der Waals surface area contributed by atoms with Gasteiger partial charge in [0.25, 0.3) is 0 Å². The molecule has 0 heterocycles. The Hall–Kier alpha value is -2.10. The van der Waals surface area contributed by atoms with Crippen molar-refractivity contribution in [3.63, 3.8) is 0 Å². The minimum atomic E-state index is -1.00. The molecule has 0 atom stereocenters. The highest BCUT2D eigenvalue weighted by atomic mass is 16.5. The van der Waals surface area contributed by atoms with Crippen LogP contribution in [0.15, 0.2) is 36.4 Å². The molecular weight excluding hydrogens is 208 g/mol. The van der Waals surface area contributed by atoms with Crippen molar-refractivity contribution in [2.45, 2.75) is 6.92 Å². The largest absolute Gasteiger partial charge is 0.490 e. The highest BCUT2D eigenvalue weighted by molar-refractivity contribution is 5.94. The third kappa shape index (κ3) is 3.96. The quantitative estimate of drug-likeness (QED) is 0.608. The second-order valence-corrected chi connectivity index (χ2v) is 3.13. The van der Waals surface area contributed by atoms with Gasteiger partial charge in [0.15, 0.2) is 5.78 Å². The number of ether oxygens (including phenoxy) is 1. The first-order valence-corrected chi connectivity index (χ1v) is 4.73. The van der Waals surface area contributed by atoms with Gasteiger partial charge in [-0.3, -0.25) is 4.79 Å². The Morgan fingerprint density at radius 3 is 2.44 bits per heavy atom. The minimum Gasteiger partial charge on any atom is -0.490 e. The number of rotatable bonds is 5. The molecule has 1 aromatic carbocycles.